The van der Waals surface area contributed by atoms with E-state index >= 15 is 0 Å². The molecule has 0 bridgehead atoms. The fraction of sp³-hybridized carbons (Fsp3) is 0.120. The highest BCUT2D eigenvalue weighted by molar-refractivity contribution is 5.95. The van der Waals surface area contributed by atoms with E-state index in [2.05, 4.69) is 10.6 Å². The summed E-state index contributed by atoms with van der Waals surface area (Å²) in [6, 6.07) is 26.9. The average molecular weight is 384 g/mol. The third-order valence-electron chi connectivity index (χ3n) is 4.90. The number of carbonyl (C=O) groups is 2. The number of nitrogens with one attached hydrogen (secondary N) is 2. The van der Waals surface area contributed by atoms with E-state index in [1.54, 1.807) is 25.3 Å². The average Bonchev–Trinajstić information content (AvgIpc) is 2.78. The Morgan fingerprint density at radius 2 is 1.31 bits per heavy atom. The van der Waals surface area contributed by atoms with Crippen molar-refractivity contribution in [2.45, 2.75) is 12.5 Å². The molecule has 0 aliphatic heterocycles. The van der Waals surface area contributed by atoms with Gasteiger partial charge in [-0.15, -0.1) is 0 Å². The van der Waals surface area contributed by atoms with Crippen LogP contribution in [-0.2, 0) is 10.3 Å². The lowest BCUT2D eigenvalue weighted by atomic mass is 9.84. The molecule has 0 aliphatic carbocycles. The summed E-state index contributed by atoms with van der Waals surface area (Å²) in [4.78, 5) is 24.4. The highest BCUT2D eigenvalue weighted by Gasteiger charge is 2.29. The second-order valence-corrected chi connectivity index (χ2v) is 6.88. The van der Waals surface area contributed by atoms with E-state index in [4.69, 9.17) is 0 Å². The molecule has 4 nitrogen and oxygen atoms in total. The lowest BCUT2D eigenvalue weighted by molar-refractivity contribution is -0.117. The van der Waals surface area contributed by atoms with Crippen LogP contribution in [0.1, 0.15) is 34.0 Å². The second kappa shape index (κ2) is 9.02. The Morgan fingerprint density at radius 1 is 0.793 bits per heavy atom. The Kier molecular flexibility index (Phi) is 6.25. The molecule has 0 aliphatic rings. The predicted octanol–water partition coefficient (Wildman–Crippen LogP) is 4.14. The van der Waals surface area contributed by atoms with Gasteiger partial charge in [-0.3, -0.25) is 9.59 Å². The van der Waals surface area contributed by atoms with E-state index in [1.165, 1.54) is 6.08 Å². The van der Waals surface area contributed by atoms with Crippen molar-refractivity contribution < 1.29 is 9.59 Å². The van der Waals surface area contributed by atoms with E-state index in [0.717, 1.165) is 16.7 Å². The summed E-state index contributed by atoms with van der Waals surface area (Å²) in [6.07, 6.45) is 3.25. The van der Waals surface area contributed by atoms with Gasteiger partial charge in [0.15, 0.2) is 0 Å². The lowest BCUT2D eigenvalue weighted by Crippen LogP contribution is -2.43. The molecule has 0 radical (unpaired) electrons. The normalized spacial score (nSPS) is 11.2. The summed E-state index contributed by atoms with van der Waals surface area (Å²) >= 11 is 0. The lowest BCUT2D eigenvalue weighted by Gasteiger charge is -2.31. The van der Waals surface area contributed by atoms with Crippen molar-refractivity contribution >= 4 is 17.9 Å². The molecule has 0 saturated heterocycles. The van der Waals surface area contributed by atoms with Crippen LogP contribution in [0, 0.1) is 0 Å². The van der Waals surface area contributed by atoms with E-state index in [9.17, 15) is 9.59 Å². The highest BCUT2D eigenvalue weighted by atomic mass is 16.2. The Morgan fingerprint density at radius 3 is 1.79 bits per heavy atom. The number of benzene rings is 3. The monoisotopic (exact) mass is 384 g/mol. The minimum absolute atomic E-state index is 0.139. The predicted molar refractivity (Wildman–Crippen MR) is 116 cm³/mol. The minimum Gasteiger partial charge on any atom is -0.355 e. The summed E-state index contributed by atoms with van der Waals surface area (Å²) < 4.78 is 0. The van der Waals surface area contributed by atoms with Crippen LogP contribution in [0.25, 0.3) is 6.08 Å². The van der Waals surface area contributed by atoms with Gasteiger partial charge >= 0.3 is 0 Å². The molecule has 0 heterocycles. The van der Waals surface area contributed by atoms with Crippen LogP contribution in [0.5, 0.6) is 0 Å². The fourth-order valence-corrected chi connectivity index (χ4v) is 3.20. The summed E-state index contributed by atoms with van der Waals surface area (Å²) in [6.45, 7) is 2.00. The smallest absolute Gasteiger partial charge is 0.251 e. The first kappa shape index (κ1) is 20.1. The maximum absolute atomic E-state index is 12.7. The molecule has 146 valence electrons. The van der Waals surface area contributed by atoms with Gasteiger partial charge in [0.2, 0.25) is 5.91 Å². The van der Waals surface area contributed by atoms with Gasteiger partial charge in [0.25, 0.3) is 5.91 Å². The molecular weight excluding hydrogens is 360 g/mol. The molecule has 0 saturated carbocycles. The van der Waals surface area contributed by atoms with E-state index in [0.29, 0.717) is 5.56 Å². The fourth-order valence-electron chi connectivity index (χ4n) is 3.20. The molecular formula is C25H24N2O2. The van der Waals surface area contributed by atoms with E-state index in [1.807, 2.05) is 79.7 Å². The van der Waals surface area contributed by atoms with Gasteiger partial charge in [0, 0.05) is 18.7 Å². The highest BCUT2D eigenvalue weighted by Crippen LogP contribution is 2.29. The summed E-state index contributed by atoms with van der Waals surface area (Å²) in [7, 11) is 1.59. The topological polar surface area (TPSA) is 58.2 Å². The zero-order valence-electron chi connectivity index (χ0n) is 16.6. The van der Waals surface area contributed by atoms with Crippen LogP contribution < -0.4 is 10.6 Å². The van der Waals surface area contributed by atoms with Crippen molar-refractivity contribution in [3.05, 3.63) is 113 Å². The number of hydrogen-bond donors (Lipinski definition) is 2. The van der Waals surface area contributed by atoms with Crippen LogP contribution >= 0.6 is 0 Å². The molecule has 3 aromatic rings. The second-order valence-electron chi connectivity index (χ2n) is 6.88. The Labute approximate surface area is 171 Å². The molecule has 0 unspecified atom stereocenters. The Bertz CT molecular complexity index is 955. The van der Waals surface area contributed by atoms with E-state index < -0.39 is 5.54 Å². The summed E-state index contributed by atoms with van der Waals surface area (Å²) in [5, 5.41) is 5.73. The summed E-state index contributed by atoms with van der Waals surface area (Å²) in [5.74, 6) is -0.338. The van der Waals surface area contributed by atoms with Crippen molar-refractivity contribution in [3.63, 3.8) is 0 Å². The molecule has 4 heteroatoms. The quantitative estimate of drug-likeness (QED) is 0.628. The number of hydrogen-bond acceptors (Lipinski definition) is 2. The third kappa shape index (κ3) is 4.79. The maximum Gasteiger partial charge on any atom is 0.251 e. The zero-order valence-corrected chi connectivity index (χ0v) is 16.6. The molecule has 0 spiro atoms. The Hall–Kier alpha value is -3.66. The number of carbonyl (C=O) groups excluding carboxylic acids is 2. The Balaban J connectivity index is 1.80. The van der Waals surface area contributed by atoms with Gasteiger partial charge in [-0.05, 0) is 41.8 Å². The van der Waals surface area contributed by atoms with Crippen molar-refractivity contribution in [1.82, 2.24) is 10.6 Å². The number of amides is 2. The molecule has 3 aromatic carbocycles. The minimum atomic E-state index is -0.660. The number of rotatable bonds is 6. The molecule has 2 amide bonds. The van der Waals surface area contributed by atoms with Crippen molar-refractivity contribution in [2.24, 2.45) is 0 Å². The first-order chi connectivity index (χ1) is 14.0. The summed E-state index contributed by atoms with van der Waals surface area (Å²) in [5.41, 5.74) is 2.77. The van der Waals surface area contributed by atoms with Crippen LogP contribution in [0.2, 0.25) is 0 Å². The van der Waals surface area contributed by atoms with Gasteiger partial charge in [-0.25, -0.2) is 0 Å². The maximum atomic E-state index is 12.7. The third-order valence-corrected chi connectivity index (χ3v) is 4.90. The van der Waals surface area contributed by atoms with Gasteiger partial charge < -0.3 is 10.6 Å². The molecule has 0 atom stereocenters. The van der Waals surface area contributed by atoms with Gasteiger partial charge in [-0.2, -0.15) is 0 Å². The SMILES string of the molecule is CNC(=O)c1ccc(/C=C/C(=O)NC(C)(c2ccccc2)c2ccccc2)cc1. The van der Waals surface area contributed by atoms with Crippen LogP contribution in [0.3, 0.4) is 0 Å². The standard InChI is InChI=1S/C25H24N2O2/c1-25(21-9-5-3-6-10-21,22-11-7-4-8-12-22)27-23(28)18-15-19-13-16-20(17-14-19)24(29)26-2/h3-18H,1-2H3,(H,26,29)(H,27,28)/b18-15+. The van der Waals surface area contributed by atoms with Gasteiger partial charge in [0.1, 0.15) is 0 Å². The van der Waals surface area contributed by atoms with Crippen LogP contribution in [0.4, 0.5) is 0 Å². The van der Waals surface area contributed by atoms with Gasteiger partial charge in [0.05, 0.1) is 5.54 Å². The zero-order chi connectivity index (χ0) is 20.7. The van der Waals surface area contributed by atoms with E-state index in [-0.39, 0.29) is 11.8 Å². The molecule has 2 N–H and O–H groups in total. The van der Waals surface area contributed by atoms with Gasteiger partial charge in [-0.1, -0.05) is 72.8 Å². The first-order valence-corrected chi connectivity index (χ1v) is 9.46. The molecule has 3 rings (SSSR count). The first-order valence-electron chi connectivity index (χ1n) is 9.46. The molecule has 0 fully saturated rings. The molecule has 29 heavy (non-hydrogen) atoms. The van der Waals surface area contributed by atoms with Crippen LogP contribution in [0.15, 0.2) is 91.0 Å². The van der Waals surface area contributed by atoms with Crippen molar-refractivity contribution in [2.75, 3.05) is 7.05 Å². The van der Waals surface area contributed by atoms with Crippen molar-refractivity contribution in [3.8, 4) is 0 Å². The van der Waals surface area contributed by atoms with Crippen molar-refractivity contribution in [1.29, 1.82) is 0 Å². The van der Waals surface area contributed by atoms with Crippen LogP contribution in [-0.4, -0.2) is 18.9 Å². The molecule has 0 aromatic heterocycles. The largest absolute Gasteiger partial charge is 0.355 e.